The SMILES string of the molecule is CNC(CCC(C)=O)c1cc(OC)ccc1OC. The molecule has 0 bridgehead atoms. The van der Waals surface area contributed by atoms with Crippen molar-refractivity contribution in [2.75, 3.05) is 21.3 Å². The molecule has 18 heavy (non-hydrogen) atoms. The summed E-state index contributed by atoms with van der Waals surface area (Å²) in [5.74, 6) is 1.78. The Bertz CT molecular complexity index is 404. The minimum Gasteiger partial charge on any atom is -0.497 e. The topological polar surface area (TPSA) is 47.6 Å². The summed E-state index contributed by atoms with van der Waals surface area (Å²) < 4.78 is 10.6. The molecule has 0 saturated carbocycles. The van der Waals surface area contributed by atoms with Crippen molar-refractivity contribution in [3.05, 3.63) is 23.8 Å². The highest BCUT2D eigenvalue weighted by molar-refractivity contribution is 5.75. The van der Waals surface area contributed by atoms with Crippen molar-refractivity contribution in [3.8, 4) is 11.5 Å². The van der Waals surface area contributed by atoms with E-state index in [-0.39, 0.29) is 11.8 Å². The monoisotopic (exact) mass is 251 g/mol. The molecule has 0 aliphatic carbocycles. The number of ether oxygens (including phenoxy) is 2. The predicted octanol–water partition coefficient (Wildman–Crippen LogP) is 2.33. The average molecular weight is 251 g/mol. The molecule has 1 N–H and O–H groups in total. The van der Waals surface area contributed by atoms with Crippen molar-refractivity contribution in [1.29, 1.82) is 0 Å². The van der Waals surface area contributed by atoms with E-state index in [9.17, 15) is 4.79 Å². The number of nitrogens with one attached hydrogen (secondary N) is 1. The van der Waals surface area contributed by atoms with Gasteiger partial charge < -0.3 is 19.6 Å². The number of Topliss-reactive ketones (excluding diaryl/α,β-unsaturated/α-hetero) is 1. The largest absolute Gasteiger partial charge is 0.497 e. The van der Waals surface area contributed by atoms with E-state index in [1.807, 2.05) is 25.2 Å². The van der Waals surface area contributed by atoms with Crippen LogP contribution in [0, 0.1) is 0 Å². The molecule has 0 spiro atoms. The van der Waals surface area contributed by atoms with Gasteiger partial charge in [-0.2, -0.15) is 0 Å². The number of benzene rings is 1. The summed E-state index contributed by atoms with van der Waals surface area (Å²) in [6.45, 7) is 1.61. The lowest BCUT2D eigenvalue weighted by atomic mass is 9.99. The lowest BCUT2D eigenvalue weighted by molar-refractivity contribution is -0.117. The molecule has 1 atom stereocenters. The molecule has 0 aromatic heterocycles. The first kappa shape index (κ1) is 14.5. The predicted molar refractivity (Wildman–Crippen MR) is 71.3 cm³/mol. The maximum atomic E-state index is 11.1. The van der Waals surface area contributed by atoms with Gasteiger partial charge in [-0.1, -0.05) is 0 Å². The minimum absolute atomic E-state index is 0.0824. The normalized spacial score (nSPS) is 12.0. The molecule has 0 heterocycles. The number of carbonyl (C=O) groups excluding carboxylic acids is 1. The van der Waals surface area contributed by atoms with Gasteiger partial charge in [0.15, 0.2) is 0 Å². The van der Waals surface area contributed by atoms with E-state index in [2.05, 4.69) is 5.32 Å². The molecule has 0 aliphatic heterocycles. The zero-order chi connectivity index (χ0) is 13.5. The van der Waals surface area contributed by atoms with Gasteiger partial charge in [0.25, 0.3) is 0 Å². The highest BCUT2D eigenvalue weighted by atomic mass is 16.5. The van der Waals surface area contributed by atoms with Crippen molar-refractivity contribution in [2.45, 2.75) is 25.8 Å². The van der Waals surface area contributed by atoms with Crippen LogP contribution in [0.15, 0.2) is 18.2 Å². The molecule has 0 saturated heterocycles. The van der Waals surface area contributed by atoms with E-state index in [1.54, 1.807) is 21.1 Å². The van der Waals surface area contributed by atoms with Crippen molar-refractivity contribution in [2.24, 2.45) is 0 Å². The molecule has 0 amide bonds. The molecule has 1 aromatic rings. The summed E-state index contributed by atoms with van der Waals surface area (Å²) in [6, 6.07) is 5.77. The number of rotatable bonds is 7. The number of carbonyl (C=O) groups is 1. The highest BCUT2D eigenvalue weighted by Gasteiger charge is 2.16. The average Bonchev–Trinajstić information content (AvgIpc) is 2.38. The fourth-order valence-corrected chi connectivity index (χ4v) is 1.91. The lowest BCUT2D eigenvalue weighted by Crippen LogP contribution is -2.18. The van der Waals surface area contributed by atoms with E-state index in [1.165, 1.54) is 0 Å². The van der Waals surface area contributed by atoms with Crippen LogP contribution < -0.4 is 14.8 Å². The molecule has 1 unspecified atom stereocenters. The number of hydrogen-bond acceptors (Lipinski definition) is 4. The quantitative estimate of drug-likeness (QED) is 0.808. The van der Waals surface area contributed by atoms with Crippen LogP contribution in [0.4, 0.5) is 0 Å². The standard InChI is InChI=1S/C14H21NO3/c1-10(16)5-7-13(15-2)12-9-11(17-3)6-8-14(12)18-4/h6,8-9,13,15H,5,7H2,1-4H3. The number of methoxy groups -OCH3 is 2. The molecule has 0 fully saturated rings. The zero-order valence-electron chi connectivity index (χ0n) is 11.4. The molecule has 0 radical (unpaired) electrons. The molecular weight excluding hydrogens is 230 g/mol. The summed E-state index contributed by atoms with van der Waals surface area (Å²) in [5, 5.41) is 3.21. The van der Waals surface area contributed by atoms with Crippen LogP contribution in [-0.2, 0) is 4.79 Å². The summed E-state index contributed by atoms with van der Waals surface area (Å²) in [4.78, 5) is 11.1. The van der Waals surface area contributed by atoms with Gasteiger partial charge in [-0.3, -0.25) is 0 Å². The van der Waals surface area contributed by atoms with E-state index < -0.39 is 0 Å². The third-order valence-corrected chi connectivity index (χ3v) is 2.95. The molecule has 1 aromatic carbocycles. The Balaban J connectivity index is 2.97. The van der Waals surface area contributed by atoms with Crippen LogP contribution in [-0.4, -0.2) is 27.1 Å². The van der Waals surface area contributed by atoms with Crippen LogP contribution >= 0.6 is 0 Å². The third kappa shape index (κ3) is 3.74. The Morgan fingerprint density at radius 3 is 2.56 bits per heavy atom. The van der Waals surface area contributed by atoms with Crippen LogP contribution in [0.25, 0.3) is 0 Å². The summed E-state index contributed by atoms with van der Waals surface area (Å²) in [6.07, 6.45) is 1.29. The van der Waals surface area contributed by atoms with Crippen LogP contribution in [0.1, 0.15) is 31.4 Å². The van der Waals surface area contributed by atoms with Crippen molar-refractivity contribution < 1.29 is 14.3 Å². The third-order valence-electron chi connectivity index (χ3n) is 2.95. The summed E-state index contributed by atoms with van der Waals surface area (Å²) >= 11 is 0. The summed E-state index contributed by atoms with van der Waals surface area (Å²) in [5.41, 5.74) is 1.01. The number of hydrogen-bond donors (Lipinski definition) is 1. The minimum atomic E-state index is 0.0824. The van der Waals surface area contributed by atoms with Gasteiger partial charge in [0.1, 0.15) is 17.3 Å². The van der Waals surface area contributed by atoms with Gasteiger partial charge in [-0.25, -0.2) is 0 Å². The van der Waals surface area contributed by atoms with E-state index in [0.29, 0.717) is 6.42 Å². The van der Waals surface area contributed by atoms with Crippen LogP contribution in [0.2, 0.25) is 0 Å². The van der Waals surface area contributed by atoms with Crippen molar-refractivity contribution >= 4 is 5.78 Å². The van der Waals surface area contributed by atoms with Gasteiger partial charge in [0, 0.05) is 18.0 Å². The van der Waals surface area contributed by atoms with Crippen LogP contribution in [0.3, 0.4) is 0 Å². The highest BCUT2D eigenvalue weighted by Crippen LogP contribution is 2.31. The molecule has 1 rings (SSSR count). The Morgan fingerprint density at radius 1 is 1.33 bits per heavy atom. The van der Waals surface area contributed by atoms with E-state index in [4.69, 9.17) is 9.47 Å². The smallest absolute Gasteiger partial charge is 0.129 e. The maximum Gasteiger partial charge on any atom is 0.129 e. The Labute approximate surface area is 108 Å². The van der Waals surface area contributed by atoms with Crippen LogP contribution in [0.5, 0.6) is 11.5 Å². The van der Waals surface area contributed by atoms with Gasteiger partial charge in [0.05, 0.1) is 14.2 Å². The van der Waals surface area contributed by atoms with E-state index in [0.717, 1.165) is 23.5 Å². The van der Waals surface area contributed by atoms with Gasteiger partial charge in [-0.15, -0.1) is 0 Å². The second-order valence-corrected chi connectivity index (χ2v) is 4.19. The fraction of sp³-hybridized carbons (Fsp3) is 0.500. The first-order valence-electron chi connectivity index (χ1n) is 6.01. The van der Waals surface area contributed by atoms with Gasteiger partial charge in [-0.05, 0) is 38.6 Å². The number of ketones is 1. The van der Waals surface area contributed by atoms with Crippen molar-refractivity contribution in [3.63, 3.8) is 0 Å². The van der Waals surface area contributed by atoms with Gasteiger partial charge in [0.2, 0.25) is 0 Å². The summed E-state index contributed by atoms with van der Waals surface area (Å²) in [7, 11) is 5.16. The Kier molecular flexibility index (Phi) is 5.65. The second-order valence-electron chi connectivity index (χ2n) is 4.19. The molecule has 4 nitrogen and oxygen atoms in total. The van der Waals surface area contributed by atoms with Crippen molar-refractivity contribution in [1.82, 2.24) is 5.32 Å². The molecule has 100 valence electrons. The Hall–Kier alpha value is -1.55. The van der Waals surface area contributed by atoms with E-state index >= 15 is 0 Å². The lowest BCUT2D eigenvalue weighted by Gasteiger charge is -2.19. The Morgan fingerprint density at radius 2 is 2.06 bits per heavy atom. The van der Waals surface area contributed by atoms with Gasteiger partial charge >= 0.3 is 0 Å². The first-order valence-corrected chi connectivity index (χ1v) is 6.01. The fourth-order valence-electron chi connectivity index (χ4n) is 1.91. The first-order chi connectivity index (χ1) is 8.62. The second kappa shape index (κ2) is 7.01. The zero-order valence-corrected chi connectivity index (χ0v) is 11.4. The molecule has 0 aliphatic rings. The molecule has 4 heteroatoms. The maximum absolute atomic E-state index is 11.1. The molecular formula is C14H21NO3.